The molecule has 0 saturated carbocycles. The van der Waals surface area contributed by atoms with Gasteiger partial charge < -0.3 is 10.5 Å². The van der Waals surface area contributed by atoms with E-state index in [2.05, 4.69) is 28.8 Å². The minimum absolute atomic E-state index is 0.0211. The summed E-state index contributed by atoms with van der Waals surface area (Å²) in [6, 6.07) is 6.14. The molecule has 2 N–H and O–H groups in total. The third-order valence-corrected chi connectivity index (χ3v) is 3.20. The number of nitrogens with zero attached hydrogens (tertiary/aromatic N) is 2. The lowest BCUT2D eigenvalue weighted by atomic mass is 9.91. The second kappa shape index (κ2) is 6.41. The monoisotopic (exact) mass is 257 g/mol. The Balaban J connectivity index is 2.53. The number of hydrogen-bond donors (Lipinski definition) is 1. The van der Waals surface area contributed by atoms with Crippen molar-refractivity contribution in [3.63, 3.8) is 0 Å². The van der Waals surface area contributed by atoms with Crippen LogP contribution in [0.15, 0.2) is 34.4 Å². The van der Waals surface area contributed by atoms with Crippen LogP contribution in [0.5, 0.6) is 0 Å². The summed E-state index contributed by atoms with van der Waals surface area (Å²) in [5.74, 6) is 0. The highest BCUT2D eigenvalue weighted by Crippen LogP contribution is 2.32. The number of rotatable bonds is 4. The van der Waals surface area contributed by atoms with E-state index >= 15 is 0 Å². The summed E-state index contributed by atoms with van der Waals surface area (Å²) in [7, 11) is 0. The second-order valence-corrected chi connectivity index (χ2v) is 4.30. The maximum Gasteiger partial charge on any atom is 0.0950 e. The van der Waals surface area contributed by atoms with Crippen molar-refractivity contribution in [2.75, 3.05) is 13.2 Å². The first-order valence-corrected chi connectivity index (χ1v) is 6.40. The number of nitrogens with two attached hydrogens (primary N) is 1. The molecule has 1 aromatic carbocycles. The van der Waals surface area contributed by atoms with Gasteiger partial charge in [0, 0.05) is 18.3 Å². The lowest BCUT2D eigenvalue weighted by Gasteiger charge is -2.27. The Morgan fingerprint density at radius 2 is 2.42 bits per heavy atom. The molecule has 0 amide bonds. The van der Waals surface area contributed by atoms with Crippen LogP contribution in [0.3, 0.4) is 0 Å². The molecule has 0 bridgehead atoms. The van der Waals surface area contributed by atoms with Crippen molar-refractivity contribution in [2.24, 2.45) is 15.7 Å². The molecular formula is C15H19N3O. The highest BCUT2D eigenvalue weighted by atomic mass is 16.5. The van der Waals surface area contributed by atoms with E-state index in [1.54, 1.807) is 12.4 Å². The summed E-state index contributed by atoms with van der Waals surface area (Å²) in [4.78, 5) is 8.21. The van der Waals surface area contributed by atoms with E-state index in [1.807, 2.05) is 13.0 Å². The fourth-order valence-corrected chi connectivity index (χ4v) is 2.41. The molecule has 1 aliphatic rings. The van der Waals surface area contributed by atoms with Gasteiger partial charge in [0.1, 0.15) is 0 Å². The molecule has 0 aliphatic carbocycles. The normalized spacial score (nSPS) is 19.5. The van der Waals surface area contributed by atoms with Crippen molar-refractivity contribution in [1.29, 1.82) is 0 Å². The molecule has 1 aromatic rings. The molecule has 2 rings (SSSR count). The minimum atomic E-state index is -0.0211. The molecular weight excluding hydrogens is 238 g/mol. The molecule has 4 heteroatoms. The van der Waals surface area contributed by atoms with Crippen molar-refractivity contribution >= 4 is 18.6 Å². The number of ether oxygens (including phenoxy) is 1. The van der Waals surface area contributed by atoms with Gasteiger partial charge in [0.2, 0.25) is 0 Å². The van der Waals surface area contributed by atoms with Gasteiger partial charge in [-0.2, -0.15) is 0 Å². The Labute approximate surface area is 113 Å². The van der Waals surface area contributed by atoms with Crippen molar-refractivity contribution in [3.8, 4) is 0 Å². The number of benzene rings is 1. The smallest absolute Gasteiger partial charge is 0.0950 e. The molecule has 1 atom stereocenters. The quantitative estimate of drug-likeness (QED) is 0.842. The summed E-state index contributed by atoms with van der Waals surface area (Å²) < 4.78 is 5.69. The highest BCUT2D eigenvalue weighted by molar-refractivity contribution is 5.75. The van der Waals surface area contributed by atoms with Gasteiger partial charge in [-0.15, -0.1) is 0 Å². The number of fused-ring (bicyclic) bond motifs is 1. The van der Waals surface area contributed by atoms with Crippen molar-refractivity contribution in [3.05, 3.63) is 41.1 Å². The number of hydrogen-bond acceptors (Lipinski definition) is 4. The van der Waals surface area contributed by atoms with Gasteiger partial charge >= 0.3 is 0 Å². The molecule has 1 heterocycles. The van der Waals surface area contributed by atoms with Gasteiger partial charge in [0.25, 0.3) is 0 Å². The van der Waals surface area contributed by atoms with E-state index in [1.165, 1.54) is 5.56 Å². The first kappa shape index (κ1) is 13.6. The molecule has 4 nitrogen and oxygen atoms in total. The van der Waals surface area contributed by atoms with Crippen molar-refractivity contribution in [1.82, 2.24) is 0 Å². The van der Waals surface area contributed by atoms with E-state index in [0.717, 1.165) is 23.2 Å². The predicted octanol–water partition coefficient (Wildman–Crippen LogP) is 2.35. The van der Waals surface area contributed by atoms with E-state index in [-0.39, 0.29) is 6.10 Å². The summed E-state index contributed by atoms with van der Waals surface area (Å²) in [5.41, 5.74) is 10.1. The Morgan fingerprint density at radius 3 is 3.11 bits per heavy atom. The molecule has 0 spiro atoms. The summed E-state index contributed by atoms with van der Waals surface area (Å²) >= 11 is 0. The van der Waals surface area contributed by atoms with Crippen LogP contribution in [0.25, 0.3) is 5.70 Å². The van der Waals surface area contributed by atoms with Crippen LogP contribution in [-0.4, -0.2) is 26.1 Å². The van der Waals surface area contributed by atoms with Crippen LogP contribution < -0.4 is 5.73 Å². The van der Waals surface area contributed by atoms with E-state index in [0.29, 0.717) is 13.2 Å². The van der Waals surface area contributed by atoms with Gasteiger partial charge in [-0.3, -0.25) is 9.98 Å². The molecule has 0 fully saturated rings. The van der Waals surface area contributed by atoms with Crippen LogP contribution >= 0.6 is 0 Å². The van der Waals surface area contributed by atoms with Crippen LogP contribution in [0.2, 0.25) is 0 Å². The Kier molecular flexibility index (Phi) is 4.60. The molecule has 100 valence electrons. The van der Waals surface area contributed by atoms with Gasteiger partial charge in [0.15, 0.2) is 0 Å². The summed E-state index contributed by atoms with van der Waals surface area (Å²) in [6.45, 7) is 6.58. The predicted molar refractivity (Wildman–Crippen MR) is 79.6 cm³/mol. The van der Waals surface area contributed by atoms with Gasteiger partial charge in [-0.1, -0.05) is 18.2 Å². The minimum Gasteiger partial charge on any atom is -0.372 e. The lowest BCUT2D eigenvalue weighted by molar-refractivity contribution is 0.0484. The maximum atomic E-state index is 5.76. The second-order valence-electron chi connectivity index (χ2n) is 4.30. The first-order valence-electron chi connectivity index (χ1n) is 6.40. The van der Waals surface area contributed by atoms with Crippen LogP contribution in [0.1, 0.15) is 29.7 Å². The molecule has 0 saturated heterocycles. The Bertz CT molecular complexity index is 520. The maximum absolute atomic E-state index is 5.76. The average Bonchev–Trinajstić information content (AvgIpc) is 2.46. The van der Waals surface area contributed by atoms with Crippen LogP contribution in [0.4, 0.5) is 0 Å². The Hall–Kier alpha value is -1.78. The third-order valence-electron chi connectivity index (χ3n) is 3.20. The summed E-state index contributed by atoms with van der Waals surface area (Å²) in [5, 5.41) is 0. The van der Waals surface area contributed by atoms with Gasteiger partial charge in [0.05, 0.1) is 24.6 Å². The number of aliphatic imine (C=N–C) groups is 2. The van der Waals surface area contributed by atoms with Crippen LogP contribution in [-0.2, 0) is 11.2 Å². The van der Waals surface area contributed by atoms with E-state index in [4.69, 9.17) is 10.5 Å². The zero-order chi connectivity index (χ0) is 13.7. The fraction of sp³-hybridized carbons (Fsp3) is 0.333. The molecule has 19 heavy (non-hydrogen) atoms. The standard InChI is InChI=1S/C15H19N3O/c1-3-18-14(10-17-2)12-5-4-6-13-11(12)7-8-19-15(13)9-16/h3-6,10,15H,2,7-9,16H2,1H3/b14-10-,18-3?/t15-/m1/s1. The largest absolute Gasteiger partial charge is 0.372 e. The highest BCUT2D eigenvalue weighted by Gasteiger charge is 2.22. The van der Waals surface area contributed by atoms with Gasteiger partial charge in [-0.25, -0.2) is 0 Å². The van der Waals surface area contributed by atoms with Crippen molar-refractivity contribution < 1.29 is 4.74 Å². The topological polar surface area (TPSA) is 60.0 Å². The third kappa shape index (κ3) is 2.80. The van der Waals surface area contributed by atoms with Crippen LogP contribution in [0, 0.1) is 0 Å². The van der Waals surface area contributed by atoms with Crippen molar-refractivity contribution in [2.45, 2.75) is 19.4 Å². The molecule has 0 radical (unpaired) electrons. The molecule has 0 unspecified atom stereocenters. The SMILES string of the molecule is C=N/C=C(\N=CC)c1cccc2c1CCO[C@@H]2CN. The molecule has 1 aliphatic heterocycles. The zero-order valence-electron chi connectivity index (χ0n) is 11.2. The Morgan fingerprint density at radius 1 is 1.58 bits per heavy atom. The lowest BCUT2D eigenvalue weighted by Crippen LogP contribution is -2.23. The molecule has 0 aromatic heterocycles. The van der Waals surface area contributed by atoms with E-state index in [9.17, 15) is 0 Å². The zero-order valence-corrected chi connectivity index (χ0v) is 11.2. The average molecular weight is 257 g/mol. The van der Waals surface area contributed by atoms with Gasteiger partial charge in [-0.05, 0) is 31.2 Å². The fourth-order valence-electron chi connectivity index (χ4n) is 2.41. The van der Waals surface area contributed by atoms with E-state index < -0.39 is 0 Å². The first-order chi connectivity index (χ1) is 9.31. The summed E-state index contributed by atoms with van der Waals surface area (Å²) in [6.07, 6.45) is 4.29.